The molecule has 0 bridgehead atoms. The van der Waals surface area contributed by atoms with Gasteiger partial charge in [0, 0.05) is 16.6 Å². The van der Waals surface area contributed by atoms with Gasteiger partial charge < -0.3 is 10.1 Å². The van der Waals surface area contributed by atoms with Gasteiger partial charge in [-0.1, -0.05) is 27.5 Å². The van der Waals surface area contributed by atoms with Gasteiger partial charge in [-0.25, -0.2) is 4.98 Å². The van der Waals surface area contributed by atoms with Crippen molar-refractivity contribution in [1.29, 1.82) is 0 Å². The number of nitrogens with one attached hydrogen (secondary N) is 1. The predicted octanol–water partition coefficient (Wildman–Crippen LogP) is 5.33. The average molecular weight is 384 g/mol. The number of aromatic nitrogens is 1. The highest BCUT2D eigenvalue weighted by molar-refractivity contribution is 9.10. The van der Waals surface area contributed by atoms with E-state index in [1.165, 1.54) is 0 Å². The van der Waals surface area contributed by atoms with Crippen molar-refractivity contribution in [2.75, 3.05) is 12.4 Å². The van der Waals surface area contributed by atoms with Crippen LogP contribution in [0.2, 0.25) is 5.02 Å². The van der Waals surface area contributed by atoms with Crippen molar-refractivity contribution in [2.24, 2.45) is 0 Å². The summed E-state index contributed by atoms with van der Waals surface area (Å²) in [5.41, 5.74) is 4.64. The summed E-state index contributed by atoms with van der Waals surface area (Å²) in [4.78, 5) is 4.38. The molecule has 1 aromatic heterocycles. The van der Waals surface area contributed by atoms with Crippen molar-refractivity contribution in [3.8, 4) is 5.75 Å². The van der Waals surface area contributed by atoms with Crippen LogP contribution in [-0.2, 0) is 6.54 Å². The summed E-state index contributed by atoms with van der Waals surface area (Å²) in [7, 11) is 1.67. The minimum absolute atomic E-state index is 0.610. The quantitative estimate of drug-likeness (QED) is 0.661. The van der Waals surface area contributed by atoms with Gasteiger partial charge in [0.15, 0.2) is 0 Å². The molecule has 0 aliphatic carbocycles. The Labute approximate surface area is 140 Å². The van der Waals surface area contributed by atoms with E-state index in [1.54, 1.807) is 18.4 Å². The summed E-state index contributed by atoms with van der Waals surface area (Å²) in [6, 6.07) is 9.80. The molecule has 0 aliphatic rings. The van der Waals surface area contributed by atoms with Crippen LogP contribution in [0, 0.1) is 0 Å². The third-order valence-electron chi connectivity index (χ3n) is 3.15. The van der Waals surface area contributed by atoms with Gasteiger partial charge in [-0.15, -0.1) is 11.3 Å². The second-order valence-corrected chi connectivity index (χ2v) is 6.64. The van der Waals surface area contributed by atoms with Gasteiger partial charge in [-0.3, -0.25) is 0 Å². The SMILES string of the molecule is COc1ccc(Br)cc1CNc1c(Cl)ccc2scnc12. The summed E-state index contributed by atoms with van der Waals surface area (Å²) in [6.45, 7) is 0.610. The van der Waals surface area contributed by atoms with Crippen LogP contribution in [0.1, 0.15) is 5.56 Å². The fourth-order valence-electron chi connectivity index (χ4n) is 2.14. The maximum absolute atomic E-state index is 6.29. The van der Waals surface area contributed by atoms with Gasteiger partial charge in [0.2, 0.25) is 0 Å². The van der Waals surface area contributed by atoms with E-state index in [2.05, 4.69) is 26.2 Å². The number of ether oxygens (including phenoxy) is 1. The maximum Gasteiger partial charge on any atom is 0.123 e. The van der Waals surface area contributed by atoms with Gasteiger partial charge >= 0.3 is 0 Å². The molecule has 0 fully saturated rings. The van der Waals surface area contributed by atoms with Gasteiger partial charge in [-0.2, -0.15) is 0 Å². The van der Waals surface area contributed by atoms with Crippen molar-refractivity contribution in [2.45, 2.75) is 6.54 Å². The molecule has 3 nitrogen and oxygen atoms in total. The fraction of sp³-hybridized carbons (Fsp3) is 0.133. The third-order valence-corrected chi connectivity index (χ3v) is 4.75. The lowest BCUT2D eigenvalue weighted by Gasteiger charge is -2.12. The van der Waals surface area contributed by atoms with Crippen LogP contribution in [0.3, 0.4) is 0 Å². The number of benzene rings is 2. The van der Waals surface area contributed by atoms with E-state index in [-0.39, 0.29) is 0 Å². The number of halogens is 2. The van der Waals surface area contributed by atoms with E-state index in [1.807, 2.05) is 35.8 Å². The standard InChI is InChI=1S/C15H12BrClN2OS/c1-20-12-4-2-10(16)6-9(12)7-18-14-11(17)3-5-13-15(14)19-8-21-13/h2-6,8,18H,7H2,1H3. The second kappa shape index (κ2) is 6.22. The zero-order chi connectivity index (χ0) is 14.8. The second-order valence-electron chi connectivity index (χ2n) is 4.43. The Morgan fingerprint density at radius 2 is 2.19 bits per heavy atom. The molecule has 3 rings (SSSR count). The van der Waals surface area contributed by atoms with Crippen molar-refractivity contribution < 1.29 is 4.74 Å². The first kappa shape index (κ1) is 14.6. The number of fused-ring (bicyclic) bond motifs is 1. The minimum atomic E-state index is 0.610. The van der Waals surface area contributed by atoms with E-state index in [0.717, 1.165) is 31.7 Å². The van der Waals surface area contributed by atoms with Crippen LogP contribution >= 0.6 is 38.9 Å². The summed E-state index contributed by atoms with van der Waals surface area (Å²) in [6.07, 6.45) is 0. The van der Waals surface area contributed by atoms with Crippen LogP contribution < -0.4 is 10.1 Å². The molecule has 0 amide bonds. The van der Waals surface area contributed by atoms with Crippen molar-refractivity contribution in [1.82, 2.24) is 4.98 Å². The largest absolute Gasteiger partial charge is 0.496 e. The molecule has 0 atom stereocenters. The predicted molar refractivity (Wildman–Crippen MR) is 92.7 cm³/mol. The summed E-state index contributed by atoms with van der Waals surface area (Å²) >= 11 is 11.4. The zero-order valence-electron chi connectivity index (χ0n) is 11.2. The summed E-state index contributed by atoms with van der Waals surface area (Å²) < 4.78 is 7.51. The average Bonchev–Trinajstić information content (AvgIpc) is 2.95. The molecular weight excluding hydrogens is 372 g/mol. The molecule has 21 heavy (non-hydrogen) atoms. The number of nitrogens with zero attached hydrogens (tertiary/aromatic N) is 1. The number of anilines is 1. The molecule has 3 aromatic rings. The number of hydrogen-bond donors (Lipinski definition) is 1. The monoisotopic (exact) mass is 382 g/mol. The molecule has 2 aromatic carbocycles. The fourth-order valence-corrected chi connectivity index (χ4v) is 3.46. The summed E-state index contributed by atoms with van der Waals surface area (Å²) in [5, 5.41) is 4.04. The van der Waals surface area contributed by atoms with Crippen molar-refractivity contribution in [3.63, 3.8) is 0 Å². The molecule has 1 N–H and O–H groups in total. The molecule has 0 unspecified atom stereocenters. The van der Waals surface area contributed by atoms with Crippen molar-refractivity contribution in [3.05, 3.63) is 50.9 Å². The Hall–Kier alpha value is -1.30. The molecular formula is C15H12BrClN2OS. The van der Waals surface area contributed by atoms with Crippen LogP contribution in [0.15, 0.2) is 40.3 Å². The van der Waals surface area contributed by atoms with Gasteiger partial charge in [0.25, 0.3) is 0 Å². The van der Waals surface area contributed by atoms with Crippen LogP contribution in [0.4, 0.5) is 5.69 Å². The Balaban J connectivity index is 1.92. The number of hydrogen-bond acceptors (Lipinski definition) is 4. The highest BCUT2D eigenvalue weighted by Crippen LogP contribution is 2.33. The summed E-state index contributed by atoms with van der Waals surface area (Å²) in [5.74, 6) is 0.840. The Morgan fingerprint density at radius 1 is 1.33 bits per heavy atom. The number of rotatable bonds is 4. The van der Waals surface area contributed by atoms with E-state index in [9.17, 15) is 0 Å². The van der Waals surface area contributed by atoms with Gasteiger partial charge in [-0.05, 0) is 30.3 Å². The Kier molecular flexibility index (Phi) is 4.33. The number of methoxy groups -OCH3 is 1. The maximum atomic E-state index is 6.29. The highest BCUT2D eigenvalue weighted by Gasteiger charge is 2.10. The molecule has 108 valence electrons. The number of thiazole rings is 1. The molecule has 0 spiro atoms. The van der Waals surface area contributed by atoms with E-state index < -0.39 is 0 Å². The normalized spacial score (nSPS) is 10.8. The molecule has 0 radical (unpaired) electrons. The molecule has 0 saturated heterocycles. The minimum Gasteiger partial charge on any atom is -0.496 e. The van der Waals surface area contributed by atoms with E-state index in [0.29, 0.717) is 11.6 Å². The van der Waals surface area contributed by atoms with Gasteiger partial charge in [0.1, 0.15) is 11.3 Å². The smallest absolute Gasteiger partial charge is 0.123 e. The Morgan fingerprint density at radius 3 is 3.00 bits per heavy atom. The highest BCUT2D eigenvalue weighted by atomic mass is 79.9. The Bertz CT molecular complexity index is 790. The van der Waals surface area contributed by atoms with E-state index in [4.69, 9.17) is 16.3 Å². The topological polar surface area (TPSA) is 34.1 Å². The van der Waals surface area contributed by atoms with Crippen LogP contribution in [-0.4, -0.2) is 12.1 Å². The molecule has 6 heteroatoms. The molecule has 0 aliphatic heterocycles. The van der Waals surface area contributed by atoms with Gasteiger partial charge in [0.05, 0.1) is 28.0 Å². The third kappa shape index (κ3) is 3.00. The first-order valence-electron chi connectivity index (χ1n) is 6.27. The lowest BCUT2D eigenvalue weighted by molar-refractivity contribution is 0.410. The first-order chi connectivity index (χ1) is 10.2. The lowest BCUT2D eigenvalue weighted by atomic mass is 10.2. The van der Waals surface area contributed by atoms with Crippen LogP contribution in [0.5, 0.6) is 5.75 Å². The lowest BCUT2D eigenvalue weighted by Crippen LogP contribution is -2.03. The van der Waals surface area contributed by atoms with E-state index >= 15 is 0 Å². The van der Waals surface area contributed by atoms with Crippen molar-refractivity contribution >= 4 is 54.8 Å². The molecule has 0 saturated carbocycles. The van der Waals surface area contributed by atoms with Crippen LogP contribution in [0.25, 0.3) is 10.2 Å². The molecule has 1 heterocycles. The first-order valence-corrected chi connectivity index (χ1v) is 8.32. The zero-order valence-corrected chi connectivity index (χ0v) is 14.3.